The summed E-state index contributed by atoms with van der Waals surface area (Å²) in [6, 6.07) is 1.81. The number of ether oxygens (including phenoxy) is 1. The van der Waals surface area contributed by atoms with Crippen LogP contribution in [0.15, 0.2) is 18.5 Å². The summed E-state index contributed by atoms with van der Waals surface area (Å²) in [5, 5.41) is 2.93. The number of piperidine rings is 1. The van der Waals surface area contributed by atoms with E-state index in [2.05, 4.69) is 20.2 Å². The van der Waals surface area contributed by atoms with E-state index in [1.54, 1.807) is 25.6 Å². The summed E-state index contributed by atoms with van der Waals surface area (Å²) >= 11 is 0. The van der Waals surface area contributed by atoms with Crippen molar-refractivity contribution < 1.29 is 9.53 Å². The molecule has 2 rings (SSSR count). The lowest BCUT2D eigenvalue weighted by molar-refractivity contribution is -0.131. The molecule has 1 aliphatic heterocycles. The predicted octanol–water partition coefficient (Wildman–Crippen LogP) is 0.846. The fourth-order valence-corrected chi connectivity index (χ4v) is 2.36. The fourth-order valence-electron chi connectivity index (χ4n) is 2.36. The van der Waals surface area contributed by atoms with Crippen molar-refractivity contribution in [3.8, 4) is 0 Å². The van der Waals surface area contributed by atoms with Gasteiger partial charge in [-0.2, -0.15) is 0 Å². The van der Waals surface area contributed by atoms with Crippen molar-refractivity contribution >= 4 is 11.9 Å². The Balaban J connectivity index is 1.88. The maximum atomic E-state index is 12.2. The first-order valence-electron chi connectivity index (χ1n) is 6.95. The van der Waals surface area contributed by atoms with Gasteiger partial charge in [-0.3, -0.25) is 4.79 Å². The average Bonchev–Trinajstić information content (AvgIpc) is 2.49. The third-order valence-corrected chi connectivity index (χ3v) is 3.84. The number of methoxy groups -OCH3 is 1. The first-order chi connectivity index (χ1) is 9.65. The Morgan fingerprint density at radius 1 is 1.40 bits per heavy atom. The van der Waals surface area contributed by atoms with E-state index in [0.717, 1.165) is 31.9 Å². The molecule has 1 saturated heterocycles. The summed E-state index contributed by atoms with van der Waals surface area (Å²) in [5.41, 5.74) is -0.307. The molecule has 1 amide bonds. The molecule has 2 heterocycles. The molecule has 0 spiro atoms. The number of aromatic nitrogens is 2. The molecule has 0 bridgehead atoms. The van der Waals surface area contributed by atoms with Crippen molar-refractivity contribution in [2.24, 2.45) is 5.41 Å². The van der Waals surface area contributed by atoms with E-state index in [0.29, 0.717) is 13.2 Å². The summed E-state index contributed by atoms with van der Waals surface area (Å²) in [4.78, 5) is 22.9. The highest BCUT2D eigenvalue weighted by atomic mass is 16.5. The lowest BCUT2D eigenvalue weighted by Crippen LogP contribution is -2.48. The van der Waals surface area contributed by atoms with E-state index in [9.17, 15) is 4.79 Å². The Bertz CT molecular complexity index is 430. The number of hydrogen-bond acceptors (Lipinski definition) is 5. The van der Waals surface area contributed by atoms with E-state index >= 15 is 0 Å². The highest BCUT2D eigenvalue weighted by molar-refractivity contribution is 5.82. The van der Waals surface area contributed by atoms with Gasteiger partial charge < -0.3 is 15.0 Å². The first-order valence-corrected chi connectivity index (χ1v) is 6.95. The largest absolute Gasteiger partial charge is 0.383 e. The van der Waals surface area contributed by atoms with Gasteiger partial charge in [-0.15, -0.1) is 0 Å². The molecule has 20 heavy (non-hydrogen) atoms. The van der Waals surface area contributed by atoms with Gasteiger partial charge in [-0.25, -0.2) is 9.97 Å². The van der Waals surface area contributed by atoms with Crippen LogP contribution in [0.1, 0.15) is 19.8 Å². The molecular weight excluding hydrogens is 256 g/mol. The second-order valence-electron chi connectivity index (χ2n) is 5.35. The molecule has 0 aromatic carbocycles. The molecule has 0 unspecified atom stereocenters. The van der Waals surface area contributed by atoms with Crippen LogP contribution in [-0.4, -0.2) is 49.2 Å². The Labute approximate surface area is 119 Å². The number of nitrogens with zero attached hydrogens (tertiary/aromatic N) is 3. The van der Waals surface area contributed by atoms with Crippen molar-refractivity contribution in [3.05, 3.63) is 18.5 Å². The maximum absolute atomic E-state index is 12.2. The normalized spacial score (nSPS) is 17.8. The Morgan fingerprint density at radius 3 is 2.65 bits per heavy atom. The number of anilines is 1. The lowest BCUT2D eigenvalue weighted by Gasteiger charge is -2.38. The number of carbonyl (C=O) groups excluding carboxylic acids is 1. The van der Waals surface area contributed by atoms with Crippen molar-refractivity contribution in [1.29, 1.82) is 0 Å². The number of hydrogen-bond donors (Lipinski definition) is 1. The predicted molar refractivity (Wildman–Crippen MR) is 76.5 cm³/mol. The van der Waals surface area contributed by atoms with Crippen LogP contribution in [0.5, 0.6) is 0 Å². The summed E-state index contributed by atoms with van der Waals surface area (Å²) in [7, 11) is 1.63. The van der Waals surface area contributed by atoms with Crippen molar-refractivity contribution in [2.45, 2.75) is 19.8 Å². The van der Waals surface area contributed by atoms with E-state index in [4.69, 9.17) is 4.74 Å². The molecule has 0 saturated carbocycles. The van der Waals surface area contributed by atoms with Gasteiger partial charge in [0.1, 0.15) is 0 Å². The van der Waals surface area contributed by atoms with Gasteiger partial charge in [0.2, 0.25) is 11.9 Å². The summed E-state index contributed by atoms with van der Waals surface area (Å²) in [6.45, 7) is 4.75. The summed E-state index contributed by atoms with van der Waals surface area (Å²) in [6.07, 6.45) is 5.11. The van der Waals surface area contributed by atoms with Crippen LogP contribution < -0.4 is 10.2 Å². The van der Waals surface area contributed by atoms with Gasteiger partial charge in [0.15, 0.2) is 0 Å². The SMILES string of the molecule is COCCNC(=O)C1(C)CCN(c2ncccn2)CC1. The van der Waals surface area contributed by atoms with Crippen molar-refractivity contribution in [1.82, 2.24) is 15.3 Å². The van der Waals surface area contributed by atoms with Crippen LogP contribution >= 0.6 is 0 Å². The Morgan fingerprint density at radius 2 is 2.05 bits per heavy atom. The van der Waals surface area contributed by atoms with E-state index in [1.165, 1.54) is 0 Å². The minimum absolute atomic E-state index is 0.114. The monoisotopic (exact) mass is 278 g/mol. The summed E-state index contributed by atoms with van der Waals surface area (Å²) < 4.78 is 4.95. The number of nitrogens with one attached hydrogen (secondary N) is 1. The molecule has 1 aromatic heterocycles. The second-order valence-corrected chi connectivity index (χ2v) is 5.35. The molecular formula is C14H22N4O2. The molecule has 1 N–H and O–H groups in total. The van der Waals surface area contributed by atoms with Gasteiger partial charge in [0.25, 0.3) is 0 Å². The third-order valence-electron chi connectivity index (χ3n) is 3.84. The van der Waals surface area contributed by atoms with E-state index in [1.807, 2.05) is 6.92 Å². The lowest BCUT2D eigenvalue weighted by atomic mass is 9.79. The smallest absolute Gasteiger partial charge is 0.226 e. The topological polar surface area (TPSA) is 67.3 Å². The van der Waals surface area contributed by atoms with Crippen LogP contribution in [0.25, 0.3) is 0 Å². The van der Waals surface area contributed by atoms with Crippen LogP contribution in [0.4, 0.5) is 5.95 Å². The zero-order chi connectivity index (χ0) is 14.4. The van der Waals surface area contributed by atoms with Gasteiger partial charge in [0.05, 0.1) is 6.61 Å². The van der Waals surface area contributed by atoms with Crippen LogP contribution in [0.3, 0.4) is 0 Å². The summed E-state index contributed by atoms with van der Waals surface area (Å²) in [5.74, 6) is 0.859. The standard InChI is InChI=1S/C14H22N4O2/c1-14(12(19)15-8-11-20-2)4-9-18(10-5-14)13-16-6-3-7-17-13/h3,6-7H,4-5,8-11H2,1-2H3,(H,15,19). The number of rotatable bonds is 5. The zero-order valence-corrected chi connectivity index (χ0v) is 12.1. The third kappa shape index (κ3) is 3.45. The first kappa shape index (κ1) is 14.7. The van der Waals surface area contributed by atoms with Crippen LogP contribution in [0, 0.1) is 5.41 Å². The van der Waals surface area contributed by atoms with Gasteiger partial charge in [0, 0.05) is 44.6 Å². The second kappa shape index (κ2) is 6.65. The molecule has 1 aromatic rings. The van der Waals surface area contributed by atoms with Crippen molar-refractivity contribution in [2.75, 3.05) is 38.3 Å². The van der Waals surface area contributed by atoms with Gasteiger partial charge in [-0.1, -0.05) is 6.92 Å². The molecule has 110 valence electrons. The maximum Gasteiger partial charge on any atom is 0.226 e. The van der Waals surface area contributed by atoms with Crippen LogP contribution in [-0.2, 0) is 9.53 Å². The molecule has 6 heteroatoms. The Hall–Kier alpha value is -1.69. The number of amides is 1. The minimum atomic E-state index is -0.307. The quantitative estimate of drug-likeness (QED) is 0.809. The Kier molecular flexibility index (Phi) is 4.89. The average molecular weight is 278 g/mol. The highest BCUT2D eigenvalue weighted by Crippen LogP contribution is 2.32. The molecule has 1 aliphatic rings. The molecule has 6 nitrogen and oxygen atoms in total. The minimum Gasteiger partial charge on any atom is -0.383 e. The molecule has 0 atom stereocenters. The van der Waals surface area contributed by atoms with Crippen molar-refractivity contribution in [3.63, 3.8) is 0 Å². The highest BCUT2D eigenvalue weighted by Gasteiger charge is 2.37. The molecule has 0 radical (unpaired) electrons. The molecule has 1 fully saturated rings. The van der Waals surface area contributed by atoms with Gasteiger partial charge >= 0.3 is 0 Å². The van der Waals surface area contributed by atoms with E-state index < -0.39 is 0 Å². The van der Waals surface area contributed by atoms with E-state index in [-0.39, 0.29) is 11.3 Å². The fraction of sp³-hybridized carbons (Fsp3) is 0.643. The molecule has 0 aliphatic carbocycles. The zero-order valence-electron chi connectivity index (χ0n) is 12.1. The van der Waals surface area contributed by atoms with Gasteiger partial charge in [-0.05, 0) is 18.9 Å². The number of carbonyl (C=O) groups is 1. The van der Waals surface area contributed by atoms with Crippen LogP contribution in [0.2, 0.25) is 0 Å².